The van der Waals surface area contributed by atoms with E-state index in [0.717, 1.165) is 107 Å². The number of H-pyrrole nitrogens is 1. The van der Waals surface area contributed by atoms with Crippen molar-refractivity contribution in [3.05, 3.63) is 389 Å². The first kappa shape index (κ1) is 109. The zero-order valence-corrected chi connectivity index (χ0v) is 88.4. The van der Waals surface area contributed by atoms with Gasteiger partial charge in [-0.1, -0.05) is 276 Å². The van der Waals surface area contributed by atoms with Gasteiger partial charge in [0.25, 0.3) is 29.3 Å². The van der Waals surface area contributed by atoms with Crippen LogP contribution in [-0.2, 0) is 33.6 Å². The quantitative estimate of drug-likeness (QED) is 0.0176. The molecule has 5 aliphatic heterocycles. The van der Waals surface area contributed by atoms with E-state index in [9.17, 15) is 53.7 Å². The molecule has 0 bridgehead atoms. The van der Waals surface area contributed by atoms with Gasteiger partial charge in [-0.05, 0) is 193 Å². The van der Waals surface area contributed by atoms with Crippen LogP contribution in [0.4, 0.5) is 28.7 Å². The molecule has 144 heavy (non-hydrogen) atoms. The normalized spacial score (nSPS) is 17.6. The maximum absolute atomic E-state index is 13.7. The average Bonchev–Trinajstić information content (AvgIpc) is 1.61. The number of benzene rings is 8. The zero-order valence-electron chi connectivity index (χ0n) is 85.7. The Hall–Kier alpha value is -14.1. The van der Waals surface area contributed by atoms with Crippen LogP contribution in [0.2, 0.25) is 0 Å². The number of likely N-dealkylation sites (N-methyl/N-ethyl adjacent to an activating group) is 1. The summed E-state index contributed by atoms with van der Waals surface area (Å²) in [4.78, 5) is 127. The van der Waals surface area contributed by atoms with Crippen molar-refractivity contribution in [1.82, 2.24) is 35.2 Å². The number of piperazine rings is 1. The van der Waals surface area contributed by atoms with Gasteiger partial charge in [-0.3, -0.25) is 67.8 Å². The number of aryl methyl sites for hydroxylation is 5. The number of hydrogen-bond donors (Lipinski definition) is 3. The number of nitrogens with two attached hydrogens (primary N) is 1. The van der Waals surface area contributed by atoms with E-state index in [1.807, 2.05) is 185 Å². The van der Waals surface area contributed by atoms with Gasteiger partial charge < -0.3 is 43.3 Å². The molecule has 0 radical (unpaired) electrons. The molecule has 0 aliphatic carbocycles. The van der Waals surface area contributed by atoms with Crippen LogP contribution in [0.5, 0.6) is 0 Å². The topological polar surface area (TPSA) is 327 Å². The standard InChI is InChI=1S/C31H36N6O3.2C29H30N2O3.C28H30N4O2.ClH.Na/c1-21-5-8-24(9-6-21)29(38)27-28(37(31(40)30(27)39)26-14-7-22(2)32-33-26)23-10-12-25(13-11-23)36-19-17-35(18-20-36)16-15-34(3)4;2*1-17(2)20-7-11-22(12-8-20)26-25(27(32)23-13-9-21(10-14-23)18(3)4)28(33)29(34)31(26)24-15-6-19(5)30-16-24;1-16(2)19-7-11-21(12-8-19)26-24(27(33)22-13-9-20(10-14-22)17(3)4)25(29)28(34)32(26)23-15-6-18(5)30-31-23;;/h5-14,28,38H,15-20H2,1-4H3;2*6-18,26,32H,1-5H3;6-17,26H,29H2,1-5H3;1H;/q;;;;;+1/p-1. The molecule has 4 amide bonds. The average molecular weight is 1960 g/mol. The molecule has 0 saturated carbocycles. The van der Waals surface area contributed by atoms with Crippen LogP contribution in [-0.4, -0.2) is 146 Å². The number of hydrogen-bond acceptors (Lipinski definition) is 20. The first-order valence-corrected chi connectivity index (χ1v) is 48.5. The Balaban J connectivity index is 0.000000171. The van der Waals surface area contributed by atoms with Crippen LogP contribution in [0.3, 0.4) is 0 Å². The summed E-state index contributed by atoms with van der Waals surface area (Å²) in [6.07, 6.45) is 3.29. The number of nitrogens with zero attached hydrogens (tertiary/aromatic N) is 12. The number of Topliss-reactive ketones (excluding diaryl/α,β-unsaturated/α-hetero) is 4. The van der Waals surface area contributed by atoms with Crippen molar-refractivity contribution in [2.24, 2.45) is 5.73 Å². The number of carbonyl (C=O) groups is 8. The van der Waals surface area contributed by atoms with Crippen LogP contribution in [0, 0.1) is 34.6 Å². The Kier molecular flexibility index (Phi) is 35.8. The number of aromatic nitrogens is 6. The van der Waals surface area contributed by atoms with E-state index < -0.39 is 70.9 Å². The van der Waals surface area contributed by atoms with Gasteiger partial charge in [0.1, 0.15) is 22.9 Å². The third kappa shape index (κ3) is 24.0. The van der Waals surface area contributed by atoms with Crippen molar-refractivity contribution in [3.63, 3.8) is 0 Å². The van der Waals surface area contributed by atoms with Gasteiger partial charge in [-0.25, -0.2) is 4.98 Å². The molecule has 4 aromatic heterocycles. The van der Waals surface area contributed by atoms with E-state index in [2.05, 4.69) is 142 Å². The van der Waals surface area contributed by atoms with Crippen molar-refractivity contribution in [2.75, 3.05) is 77.9 Å². The molecule has 0 spiro atoms. The van der Waals surface area contributed by atoms with Crippen LogP contribution in [0.15, 0.2) is 283 Å². The first-order valence-electron chi connectivity index (χ1n) is 48.5. The number of nitrogens with one attached hydrogen (secondary N) is 1. The zero-order chi connectivity index (χ0) is 102. The summed E-state index contributed by atoms with van der Waals surface area (Å²) in [5, 5.41) is 52.9. The predicted molar refractivity (Wildman–Crippen MR) is 556 cm³/mol. The van der Waals surface area contributed by atoms with E-state index in [1.54, 1.807) is 104 Å². The molecule has 9 heterocycles. The second kappa shape index (κ2) is 47.4. The summed E-state index contributed by atoms with van der Waals surface area (Å²) in [6.45, 7) is 40.5. The number of anilines is 5. The third-order valence-corrected chi connectivity index (χ3v) is 26.7. The minimum Gasteiger partial charge on any atom is -1.00 e. The number of pyridine rings is 2. The fourth-order valence-electron chi connectivity index (χ4n) is 18.0. The van der Waals surface area contributed by atoms with E-state index in [-0.39, 0.29) is 93.1 Å². The summed E-state index contributed by atoms with van der Waals surface area (Å²) in [6, 6.07) is 72.1. The van der Waals surface area contributed by atoms with Gasteiger partial charge in [-0.2, -0.15) is 10.2 Å². The number of carbonyl (C=O) groups excluding carboxylic acids is 8. The molecule has 8 aromatic carbocycles. The molecule has 5 aliphatic rings. The number of aromatic amines is 1. The largest absolute Gasteiger partial charge is 1.00 e. The third-order valence-electron chi connectivity index (χ3n) is 26.7. The molecule has 17 rings (SSSR count). The Morgan fingerprint density at radius 2 is 0.736 bits per heavy atom. The predicted octanol–water partition coefficient (Wildman–Crippen LogP) is 13.4. The molecule has 4 atom stereocenters. The Morgan fingerprint density at radius 3 is 1.12 bits per heavy atom. The van der Waals surface area contributed by atoms with Gasteiger partial charge in [0, 0.05) is 85.9 Å². The van der Waals surface area contributed by atoms with Crippen molar-refractivity contribution >= 4 is 92.7 Å². The molecule has 12 aromatic rings. The molecular weight excluding hydrogens is 1840 g/mol. The van der Waals surface area contributed by atoms with E-state index >= 15 is 0 Å². The SMILES string of the molecule is Cc1ccc(C(O)=C2C(=O)C(=O)N(c3ccc(C)nn3)C2c2ccc(N3CCN(CCN(C)C)CC3)cc2)cc1.Cc1ccc(N2C(=O)C(=O)C(=C(O)c3ccc(C(C)C)cc3)C2c2ccc(C(C)C)cc2)c[nH+]1.Cc1ccc(N2C(=O)C(=O)C(=C([O-])c3ccc(C(C)C)cc3)C2c2ccc(C(C)C)cc2)cn1.Cc1ccc(N2C(=O)C(N)=C(C(=O)c3ccc(C(C)C)cc3)C2c2ccc(C(C)C)cc2)nn1.[Cl-].[Na+]. The maximum atomic E-state index is 13.7. The van der Waals surface area contributed by atoms with Gasteiger partial charge in [0.2, 0.25) is 5.78 Å². The minimum absolute atomic E-state index is 0. The van der Waals surface area contributed by atoms with Crippen molar-refractivity contribution in [3.8, 4) is 0 Å². The van der Waals surface area contributed by atoms with Crippen molar-refractivity contribution < 1.29 is 101 Å². The number of aliphatic hydroxyl groups is 2. The van der Waals surface area contributed by atoms with Crippen LogP contribution >= 0.6 is 0 Å². The van der Waals surface area contributed by atoms with Gasteiger partial charge in [-0.15, -0.1) is 10.2 Å². The number of amides is 4. The van der Waals surface area contributed by atoms with Gasteiger partial charge in [0.05, 0.1) is 64.2 Å². The number of ketones is 4. The fraction of sp³-hybridized carbons (Fsp3) is 0.299. The number of aliphatic hydroxyl groups excluding tert-OH is 2. The first-order chi connectivity index (χ1) is 67.8. The Labute approximate surface area is 872 Å². The fourth-order valence-corrected chi connectivity index (χ4v) is 18.0. The summed E-state index contributed by atoms with van der Waals surface area (Å²) >= 11 is 0. The monoisotopic (exact) mass is 1960 g/mol. The van der Waals surface area contributed by atoms with E-state index in [0.29, 0.717) is 91.8 Å². The summed E-state index contributed by atoms with van der Waals surface area (Å²) < 4.78 is 0. The van der Waals surface area contributed by atoms with Crippen molar-refractivity contribution in [2.45, 2.75) is 177 Å². The molecule has 4 unspecified atom stereocenters. The Bertz CT molecular complexity index is 6570. The molecule has 738 valence electrons. The van der Waals surface area contributed by atoms with Gasteiger partial charge in [0.15, 0.2) is 29.3 Å². The maximum Gasteiger partial charge on any atom is 1.00 e. The van der Waals surface area contributed by atoms with E-state index in [4.69, 9.17) is 5.73 Å². The second-order valence-electron chi connectivity index (χ2n) is 39.1. The molecule has 5 N–H and O–H groups in total. The van der Waals surface area contributed by atoms with Gasteiger partial charge >= 0.3 is 35.5 Å². The molecule has 4 fully saturated rings. The second-order valence-corrected chi connectivity index (χ2v) is 39.1. The van der Waals surface area contributed by atoms with Crippen LogP contribution in [0.1, 0.15) is 254 Å². The van der Waals surface area contributed by atoms with E-state index in [1.165, 1.54) is 25.2 Å². The summed E-state index contributed by atoms with van der Waals surface area (Å²) in [7, 11) is 4.19. The smallest absolute Gasteiger partial charge is 1.00 e. The molecule has 4 saturated heterocycles. The van der Waals surface area contributed by atoms with Crippen molar-refractivity contribution in [1.29, 1.82) is 0 Å². The summed E-state index contributed by atoms with van der Waals surface area (Å²) in [5.74, 6) is -3.13. The molecular formula is C117H126ClN14NaO11. The Morgan fingerprint density at radius 1 is 0.396 bits per heavy atom. The van der Waals surface area contributed by atoms with Crippen LogP contribution < -0.4 is 82.3 Å². The molecule has 27 heteroatoms. The minimum atomic E-state index is -0.838. The molecule has 25 nitrogen and oxygen atoms in total. The summed E-state index contributed by atoms with van der Waals surface area (Å²) in [5.41, 5.74) is 24.7. The van der Waals surface area contributed by atoms with Crippen LogP contribution in [0.25, 0.3) is 17.3 Å². The number of halogens is 1. The number of rotatable bonds is 23.